The van der Waals surface area contributed by atoms with Crippen molar-refractivity contribution in [3.63, 3.8) is 0 Å². The van der Waals surface area contributed by atoms with Gasteiger partial charge in [-0.2, -0.15) is 0 Å². The third-order valence-electron chi connectivity index (χ3n) is 5.10. The largest absolute Gasteiger partial charge is 0.339 e. The minimum absolute atomic E-state index is 0.0188. The summed E-state index contributed by atoms with van der Waals surface area (Å²) in [6, 6.07) is 15.7. The SMILES string of the molecule is CC(=O)c1ccc(C2=CCN(C)C(=O)c3c2c2ccccc2n3C)cc1. The van der Waals surface area contributed by atoms with Crippen molar-refractivity contribution in [3.05, 3.63) is 77.0 Å². The number of benzene rings is 2. The highest BCUT2D eigenvalue weighted by molar-refractivity contribution is 6.10. The van der Waals surface area contributed by atoms with Gasteiger partial charge in [-0.25, -0.2) is 0 Å². The van der Waals surface area contributed by atoms with Crippen LogP contribution in [-0.2, 0) is 7.05 Å². The molecule has 3 aromatic rings. The average Bonchev–Trinajstić information content (AvgIpc) is 2.87. The van der Waals surface area contributed by atoms with Crippen molar-refractivity contribution in [2.75, 3.05) is 13.6 Å². The molecule has 0 atom stereocenters. The Morgan fingerprint density at radius 2 is 1.69 bits per heavy atom. The number of amides is 1. The van der Waals surface area contributed by atoms with Crippen LogP contribution >= 0.6 is 0 Å². The Morgan fingerprint density at radius 1 is 1.00 bits per heavy atom. The molecule has 130 valence electrons. The van der Waals surface area contributed by atoms with Crippen molar-refractivity contribution < 1.29 is 9.59 Å². The van der Waals surface area contributed by atoms with Crippen molar-refractivity contribution >= 4 is 28.2 Å². The zero-order chi connectivity index (χ0) is 18.4. The molecule has 0 spiro atoms. The molecule has 26 heavy (non-hydrogen) atoms. The van der Waals surface area contributed by atoms with Gasteiger partial charge in [-0.1, -0.05) is 48.5 Å². The van der Waals surface area contributed by atoms with E-state index in [4.69, 9.17) is 0 Å². The normalized spacial score (nSPS) is 14.2. The Balaban J connectivity index is 2.00. The summed E-state index contributed by atoms with van der Waals surface area (Å²) in [7, 11) is 3.76. The average molecular weight is 344 g/mol. The molecule has 0 saturated heterocycles. The number of rotatable bonds is 2. The molecule has 4 heteroatoms. The number of para-hydroxylation sites is 1. The smallest absolute Gasteiger partial charge is 0.271 e. The van der Waals surface area contributed by atoms with Crippen LogP contribution in [0.2, 0.25) is 0 Å². The molecule has 1 aromatic heterocycles. The first kappa shape index (κ1) is 16.3. The van der Waals surface area contributed by atoms with E-state index < -0.39 is 0 Å². The standard InChI is InChI=1S/C22H20N2O2/c1-14(25)15-8-10-16(11-9-15)17-12-13-23(2)22(26)21-20(17)18-6-4-5-7-19(18)24(21)3/h4-12H,13H2,1-3H3. The van der Waals surface area contributed by atoms with E-state index in [0.29, 0.717) is 17.8 Å². The number of hydrogen-bond acceptors (Lipinski definition) is 2. The van der Waals surface area contributed by atoms with Crippen LogP contribution in [0.4, 0.5) is 0 Å². The van der Waals surface area contributed by atoms with Gasteiger partial charge >= 0.3 is 0 Å². The van der Waals surface area contributed by atoms with E-state index in [-0.39, 0.29) is 11.7 Å². The van der Waals surface area contributed by atoms with E-state index in [2.05, 4.69) is 12.1 Å². The molecule has 0 fully saturated rings. The summed E-state index contributed by atoms with van der Waals surface area (Å²) in [6.07, 6.45) is 2.10. The maximum atomic E-state index is 13.0. The van der Waals surface area contributed by atoms with E-state index in [1.54, 1.807) is 11.8 Å². The summed E-state index contributed by atoms with van der Waals surface area (Å²) >= 11 is 0. The van der Waals surface area contributed by atoms with E-state index >= 15 is 0 Å². The molecule has 1 aliphatic rings. The van der Waals surface area contributed by atoms with Crippen LogP contribution in [0, 0.1) is 0 Å². The quantitative estimate of drug-likeness (QED) is 0.662. The van der Waals surface area contributed by atoms with E-state index in [1.165, 1.54) is 0 Å². The molecule has 2 aromatic carbocycles. The molecular formula is C22H20N2O2. The number of hydrogen-bond donors (Lipinski definition) is 0. The van der Waals surface area contributed by atoms with Gasteiger partial charge in [0, 0.05) is 42.7 Å². The molecule has 1 aliphatic heterocycles. The van der Waals surface area contributed by atoms with Gasteiger partial charge in [0.2, 0.25) is 0 Å². The first-order valence-electron chi connectivity index (χ1n) is 8.64. The number of nitrogens with zero attached hydrogens (tertiary/aromatic N) is 2. The fourth-order valence-corrected chi connectivity index (χ4v) is 3.66. The highest BCUT2D eigenvalue weighted by atomic mass is 16.2. The van der Waals surface area contributed by atoms with Crippen molar-refractivity contribution in [2.24, 2.45) is 7.05 Å². The maximum absolute atomic E-state index is 13.0. The van der Waals surface area contributed by atoms with Gasteiger partial charge in [0.1, 0.15) is 5.69 Å². The van der Waals surface area contributed by atoms with Crippen molar-refractivity contribution in [3.8, 4) is 0 Å². The molecule has 0 bridgehead atoms. The van der Waals surface area contributed by atoms with Crippen LogP contribution in [0.3, 0.4) is 0 Å². The minimum Gasteiger partial charge on any atom is -0.339 e. The summed E-state index contributed by atoms with van der Waals surface area (Å²) in [4.78, 5) is 26.3. The van der Waals surface area contributed by atoms with Gasteiger partial charge in [0.25, 0.3) is 5.91 Å². The summed E-state index contributed by atoms with van der Waals surface area (Å²) in [5.74, 6) is 0.0671. The fraction of sp³-hybridized carbons (Fsp3) is 0.182. The fourth-order valence-electron chi connectivity index (χ4n) is 3.66. The Morgan fingerprint density at radius 3 is 2.38 bits per heavy atom. The van der Waals surface area contributed by atoms with Gasteiger partial charge in [-0.3, -0.25) is 9.59 Å². The van der Waals surface area contributed by atoms with E-state index in [9.17, 15) is 9.59 Å². The third-order valence-corrected chi connectivity index (χ3v) is 5.10. The third kappa shape index (κ3) is 2.37. The Kier molecular flexibility index (Phi) is 3.76. The number of Topliss-reactive ketones (excluding diaryl/α,β-unsaturated/α-hetero) is 1. The zero-order valence-corrected chi connectivity index (χ0v) is 15.1. The predicted molar refractivity (Wildman–Crippen MR) is 103 cm³/mol. The molecule has 0 radical (unpaired) electrons. The molecule has 0 saturated carbocycles. The summed E-state index contributed by atoms with van der Waals surface area (Å²) < 4.78 is 1.98. The van der Waals surface area contributed by atoms with Crippen LogP contribution in [0.25, 0.3) is 16.5 Å². The van der Waals surface area contributed by atoms with Gasteiger partial charge < -0.3 is 9.47 Å². The van der Waals surface area contributed by atoms with Crippen LogP contribution in [0.1, 0.15) is 38.9 Å². The second-order valence-electron chi connectivity index (χ2n) is 6.74. The molecule has 0 unspecified atom stereocenters. The molecular weight excluding hydrogens is 324 g/mol. The van der Waals surface area contributed by atoms with E-state index in [0.717, 1.165) is 27.6 Å². The van der Waals surface area contributed by atoms with Gasteiger partial charge in [-0.05, 0) is 24.1 Å². The highest BCUT2D eigenvalue weighted by Crippen LogP contribution is 2.37. The maximum Gasteiger partial charge on any atom is 0.271 e. The zero-order valence-electron chi connectivity index (χ0n) is 15.1. The number of aromatic nitrogens is 1. The topological polar surface area (TPSA) is 42.3 Å². The van der Waals surface area contributed by atoms with Crippen molar-refractivity contribution in [1.29, 1.82) is 0 Å². The van der Waals surface area contributed by atoms with Gasteiger partial charge in [0.05, 0.1) is 0 Å². The summed E-state index contributed by atoms with van der Waals surface area (Å²) in [5, 5.41) is 1.07. The summed E-state index contributed by atoms with van der Waals surface area (Å²) in [5.41, 5.74) is 5.43. The lowest BCUT2D eigenvalue weighted by atomic mass is 9.94. The molecule has 0 aliphatic carbocycles. The number of fused-ring (bicyclic) bond motifs is 3. The number of carbonyl (C=O) groups is 2. The predicted octanol–water partition coefficient (Wildman–Crippen LogP) is 3.90. The van der Waals surface area contributed by atoms with Gasteiger partial charge in [-0.15, -0.1) is 0 Å². The monoisotopic (exact) mass is 344 g/mol. The Hall–Kier alpha value is -3.14. The molecule has 4 rings (SSSR count). The van der Waals surface area contributed by atoms with Crippen LogP contribution in [0.15, 0.2) is 54.6 Å². The number of aryl methyl sites for hydroxylation is 1. The molecule has 0 N–H and O–H groups in total. The first-order valence-corrected chi connectivity index (χ1v) is 8.64. The second-order valence-corrected chi connectivity index (χ2v) is 6.74. The van der Waals surface area contributed by atoms with Crippen molar-refractivity contribution in [2.45, 2.75) is 6.92 Å². The minimum atomic E-state index is 0.0188. The lowest BCUT2D eigenvalue weighted by Gasteiger charge is -2.14. The van der Waals surface area contributed by atoms with Crippen LogP contribution in [-0.4, -0.2) is 34.7 Å². The van der Waals surface area contributed by atoms with E-state index in [1.807, 2.05) is 61.1 Å². The molecule has 1 amide bonds. The highest BCUT2D eigenvalue weighted by Gasteiger charge is 2.28. The first-order chi connectivity index (χ1) is 12.5. The second kappa shape index (κ2) is 5.99. The number of likely N-dealkylation sites (N-methyl/N-ethyl adjacent to an activating group) is 1. The van der Waals surface area contributed by atoms with Crippen molar-refractivity contribution in [1.82, 2.24) is 9.47 Å². The molecule has 2 heterocycles. The lowest BCUT2D eigenvalue weighted by molar-refractivity contribution is 0.0802. The number of carbonyl (C=O) groups excluding carboxylic acids is 2. The Bertz CT molecular complexity index is 1070. The van der Waals surface area contributed by atoms with Gasteiger partial charge in [0.15, 0.2) is 5.78 Å². The number of ketones is 1. The summed E-state index contributed by atoms with van der Waals surface area (Å²) in [6.45, 7) is 2.11. The molecule has 4 nitrogen and oxygen atoms in total. The Labute approximate surface area is 152 Å². The van der Waals surface area contributed by atoms with Crippen LogP contribution < -0.4 is 0 Å². The van der Waals surface area contributed by atoms with Crippen LogP contribution in [0.5, 0.6) is 0 Å². The lowest BCUT2D eigenvalue weighted by Crippen LogP contribution is -2.27.